The molecule has 5 nitrogen and oxygen atoms in total. The van der Waals surface area contributed by atoms with E-state index in [1.807, 2.05) is 26.2 Å². The van der Waals surface area contributed by atoms with Crippen molar-refractivity contribution in [2.24, 2.45) is 5.92 Å². The predicted octanol–water partition coefficient (Wildman–Crippen LogP) is 1.90. The molecule has 0 bridgehead atoms. The summed E-state index contributed by atoms with van der Waals surface area (Å²) in [5, 5.41) is 3.01. The largest absolute Gasteiger partial charge is 0.466 e. The van der Waals surface area contributed by atoms with Crippen LogP contribution in [0.25, 0.3) is 0 Å². The van der Waals surface area contributed by atoms with Gasteiger partial charge >= 0.3 is 5.97 Å². The summed E-state index contributed by atoms with van der Waals surface area (Å²) in [6.45, 7) is 5.11. The van der Waals surface area contributed by atoms with E-state index in [1.54, 1.807) is 0 Å². The van der Waals surface area contributed by atoms with Crippen LogP contribution in [0.3, 0.4) is 0 Å². The maximum absolute atomic E-state index is 11.7. The summed E-state index contributed by atoms with van der Waals surface area (Å²) in [6, 6.07) is 4.08. The quantitative estimate of drug-likeness (QED) is 0.833. The van der Waals surface area contributed by atoms with Gasteiger partial charge in [0, 0.05) is 19.8 Å². The van der Waals surface area contributed by atoms with Crippen LogP contribution in [0.4, 0.5) is 5.82 Å². The number of anilines is 1. The maximum Gasteiger partial charge on any atom is 0.309 e. The van der Waals surface area contributed by atoms with Crippen molar-refractivity contribution in [2.45, 2.75) is 26.3 Å². The highest BCUT2D eigenvalue weighted by Crippen LogP contribution is 2.20. The fourth-order valence-corrected chi connectivity index (χ4v) is 2.51. The number of aromatic nitrogens is 1. The van der Waals surface area contributed by atoms with Crippen LogP contribution in [0.15, 0.2) is 18.3 Å². The lowest BCUT2D eigenvalue weighted by molar-refractivity contribution is -0.149. The van der Waals surface area contributed by atoms with Gasteiger partial charge in [-0.3, -0.25) is 9.69 Å². The minimum atomic E-state index is -0.0350. The molecule has 0 amide bonds. The van der Waals surface area contributed by atoms with Gasteiger partial charge < -0.3 is 10.1 Å². The topological polar surface area (TPSA) is 54.5 Å². The zero-order valence-corrected chi connectivity index (χ0v) is 12.3. The van der Waals surface area contributed by atoms with Crippen molar-refractivity contribution in [1.29, 1.82) is 0 Å². The molecule has 20 heavy (non-hydrogen) atoms. The number of ether oxygens (including phenoxy) is 1. The number of hydrogen-bond donors (Lipinski definition) is 1. The summed E-state index contributed by atoms with van der Waals surface area (Å²) < 4.78 is 5.09. The number of carbonyl (C=O) groups excluding carboxylic acids is 1. The van der Waals surface area contributed by atoms with Crippen molar-refractivity contribution in [3.05, 3.63) is 23.9 Å². The molecule has 0 spiro atoms. The summed E-state index contributed by atoms with van der Waals surface area (Å²) in [5.41, 5.74) is 1.21. The molecule has 1 fully saturated rings. The van der Waals surface area contributed by atoms with Gasteiger partial charge in [0.25, 0.3) is 0 Å². The van der Waals surface area contributed by atoms with Crippen LogP contribution < -0.4 is 5.32 Å². The summed E-state index contributed by atoms with van der Waals surface area (Å²) in [4.78, 5) is 18.4. The van der Waals surface area contributed by atoms with Crippen molar-refractivity contribution in [2.75, 3.05) is 32.1 Å². The number of carbonyl (C=O) groups is 1. The average Bonchev–Trinajstić information content (AvgIpc) is 2.49. The maximum atomic E-state index is 11.7. The van der Waals surface area contributed by atoms with Crippen LogP contribution in [-0.2, 0) is 16.1 Å². The molecule has 0 saturated carbocycles. The van der Waals surface area contributed by atoms with Crippen LogP contribution in [0.1, 0.15) is 25.3 Å². The fraction of sp³-hybridized carbons (Fsp3) is 0.600. The Bertz CT molecular complexity index is 425. The molecule has 0 unspecified atom stereocenters. The SMILES string of the molecule is CCOC(=O)C1CCN(Cc2ccc(NC)nc2)CC1. The molecule has 2 rings (SSSR count). The van der Waals surface area contributed by atoms with E-state index in [0.717, 1.165) is 38.3 Å². The lowest BCUT2D eigenvalue weighted by atomic mass is 9.97. The van der Waals surface area contributed by atoms with E-state index in [-0.39, 0.29) is 11.9 Å². The van der Waals surface area contributed by atoms with Crippen LogP contribution in [-0.4, -0.2) is 42.6 Å². The second-order valence-electron chi connectivity index (χ2n) is 5.10. The highest BCUT2D eigenvalue weighted by atomic mass is 16.5. The van der Waals surface area contributed by atoms with Gasteiger partial charge in [0.05, 0.1) is 12.5 Å². The standard InChI is InChI=1S/C15H23N3O2/c1-3-20-15(19)13-6-8-18(9-7-13)11-12-4-5-14(16-2)17-10-12/h4-5,10,13H,3,6-9,11H2,1-2H3,(H,16,17). The van der Waals surface area contributed by atoms with Gasteiger partial charge in [-0.25, -0.2) is 4.98 Å². The van der Waals surface area contributed by atoms with Gasteiger partial charge in [-0.05, 0) is 44.5 Å². The summed E-state index contributed by atoms with van der Waals surface area (Å²) in [6.07, 6.45) is 3.69. The van der Waals surface area contributed by atoms with E-state index in [4.69, 9.17) is 4.74 Å². The van der Waals surface area contributed by atoms with E-state index in [2.05, 4.69) is 21.3 Å². The van der Waals surface area contributed by atoms with Crippen molar-refractivity contribution >= 4 is 11.8 Å². The first-order valence-corrected chi connectivity index (χ1v) is 7.24. The lowest BCUT2D eigenvalue weighted by Gasteiger charge is -2.30. The first-order valence-electron chi connectivity index (χ1n) is 7.24. The Balaban J connectivity index is 1.80. The monoisotopic (exact) mass is 277 g/mol. The van der Waals surface area contributed by atoms with Gasteiger partial charge in [0.1, 0.15) is 5.82 Å². The Labute approximate surface area is 120 Å². The van der Waals surface area contributed by atoms with E-state index >= 15 is 0 Å². The third-order valence-corrected chi connectivity index (χ3v) is 3.69. The molecular weight excluding hydrogens is 254 g/mol. The number of nitrogens with one attached hydrogen (secondary N) is 1. The van der Waals surface area contributed by atoms with Gasteiger partial charge in [-0.1, -0.05) is 6.07 Å². The Hall–Kier alpha value is -1.62. The van der Waals surface area contributed by atoms with Gasteiger partial charge in [-0.2, -0.15) is 0 Å². The van der Waals surface area contributed by atoms with E-state index in [9.17, 15) is 4.79 Å². The molecule has 5 heteroatoms. The number of nitrogens with zero attached hydrogens (tertiary/aromatic N) is 2. The van der Waals surface area contributed by atoms with Crippen molar-refractivity contribution < 1.29 is 9.53 Å². The second-order valence-corrected chi connectivity index (χ2v) is 5.10. The molecule has 0 aliphatic carbocycles. The Morgan fingerprint density at radius 3 is 2.75 bits per heavy atom. The first kappa shape index (κ1) is 14.8. The molecule has 1 aliphatic heterocycles. The number of hydrogen-bond acceptors (Lipinski definition) is 5. The molecule has 110 valence electrons. The van der Waals surface area contributed by atoms with Crippen LogP contribution >= 0.6 is 0 Å². The summed E-state index contributed by atoms with van der Waals surface area (Å²) in [7, 11) is 1.86. The lowest BCUT2D eigenvalue weighted by Crippen LogP contribution is -2.36. The third-order valence-electron chi connectivity index (χ3n) is 3.69. The average molecular weight is 277 g/mol. The molecule has 0 radical (unpaired) electrons. The molecule has 1 aliphatic rings. The van der Waals surface area contributed by atoms with Crippen LogP contribution in [0.2, 0.25) is 0 Å². The zero-order valence-electron chi connectivity index (χ0n) is 12.3. The Morgan fingerprint density at radius 1 is 1.45 bits per heavy atom. The number of pyridine rings is 1. The Morgan fingerprint density at radius 2 is 2.20 bits per heavy atom. The minimum Gasteiger partial charge on any atom is -0.466 e. The molecule has 2 heterocycles. The summed E-state index contributed by atoms with van der Waals surface area (Å²) >= 11 is 0. The highest BCUT2D eigenvalue weighted by molar-refractivity contribution is 5.72. The number of esters is 1. The van der Waals surface area contributed by atoms with Gasteiger partial charge in [-0.15, -0.1) is 0 Å². The van der Waals surface area contributed by atoms with Crippen LogP contribution in [0, 0.1) is 5.92 Å². The molecule has 0 aromatic carbocycles. The summed E-state index contributed by atoms with van der Waals surface area (Å²) in [5.74, 6) is 0.929. The van der Waals surface area contributed by atoms with Gasteiger partial charge in [0.15, 0.2) is 0 Å². The smallest absolute Gasteiger partial charge is 0.309 e. The van der Waals surface area contributed by atoms with E-state index in [1.165, 1.54) is 5.56 Å². The van der Waals surface area contributed by atoms with Gasteiger partial charge in [0.2, 0.25) is 0 Å². The third kappa shape index (κ3) is 3.93. The van der Waals surface area contributed by atoms with Crippen LogP contribution in [0.5, 0.6) is 0 Å². The number of piperidine rings is 1. The highest BCUT2D eigenvalue weighted by Gasteiger charge is 2.25. The predicted molar refractivity (Wildman–Crippen MR) is 78.4 cm³/mol. The fourth-order valence-electron chi connectivity index (χ4n) is 2.51. The molecule has 1 saturated heterocycles. The normalized spacial score (nSPS) is 16.9. The van der Waals surface area contributed by atoms with Crippen molar-refractivity contribution in [3.63, 3.8) is 0 Å². The minimum absolute atomic E-state index is 0.0350. The van der Waals surface area contributed by atoms with E-state index in [0.29, 0.717) is 6.61 Å². The van der Waals surface area contributed by atoms with Crippen molar-refractivity contribution in [1.82, 2.24) is 9.88 Å². The molecule has 1 aromatic rings. The van der Waals surface area contributed by atoms with E-state index < -0.39 is 0 Å². The number of rotatable bonds is 5. The number of likely N-dealkylation sites (tertiary alicyclic amines) is 1. The van der Waals surface area contributed by atoms with Crippen molar-refractivity contribution in [3.8, 4) is 0 Å². The molecule has 1 N–H and O–H groups in total. The zero-order chi connectivity index (χ0) is 14.4. The molecular formula is C15H23N3O2. The second kappa shape index (κ2) is 7.24. The first-order chi connectivity index (χ1) is 9.72. The molecule has 1 aromatic heterocycles. The Kier molecular flexibility index (Phi) is 5.35. The molecule has 0 atom stereocenters.